The van der Waals surface area contributed by atoms with Crippen molar-refractivity contribution < 1.29 is 23.6 Å². The summed E-state index contributed by atoms with van der Waals surface area (Å²) in [6.07, 6.45) is 0.438. The van der Waals surface area contributed by atoms with Gasteiger partial charge < -0.3 is 24.8 Å². The Morgan fingerprint density at radius 1 is 1.10 bits per heavy atom. The second-order valence-electron chi connectivity index (χ2n) is 9.89. The fraction of sp³-hybridized carbons (Fsp3) is 0.379. The van der Waals surface area contributed by atoms with Gasteiger partial charge in [0.15, 0.2) is 5.82 Å². The van der Waals surface area contributed by atoms with Crippen LogP contribution in [-0.2, 0) is 20.9 Å². The van der Waals surface area contributed by atoms with Crippen LogP contribution in [0, 0.1) is 6.92 Å². The molecule has 0 bridgehead atoms. The Hall–Kier alpha value is -3.85. The molecule has 0 saturated heterocycles. The molecule has 0 aliphatic heterocycles. The molecule has 0 aliphatic carbocycles. The zero-order valence-corrected chi connectivity index (χ0v) is 23.7. The van der Waals surface area contributed by atoms with Gasteiger partial charge in [0.2, 0.25) is 17.7 Å². The highest BCUT2D eigenvalue weighted by molar-refractivity contribution is 6.31. The zero-order chi connectivity index (χ0) is 28.6. The molecule has 1 atom stereocenters. The quantitative estimate of drug-likeness (QED) is 0.308. The van der Waals surface area contributed by atoms with Gasteiger partial charge in [-0.05, 0) is 51.0 Å². The smallest absolute Gasteiger partial charge is 0.247 e. The minimum atomic E-state index is -1.03. The monoisotopic (exact) mass is 554 g/mol. The summed E-state index contributed by atoms with van der Waals surface area (Å²) in [4.78, 5) is 41.6. The van der Waals surface area contributed by atoms with E-state index in [9.17, 15) is 14.4 Å². The highest BCUT2D eigenvalue weighted by Crippen LogP contribution is 2.31. The van der Waals surface area contributed by atoms with Crippen molar-refractivity contribution in [2.24, 2.45) is 0 Å². The second kappa shape index (κ2) is 13.3. The molecule has 1 heterocycles. The van der Waals surface area contributed by atoms with Crippen LogP contribution in [-0.4, -0.2) is 40.4 Å². The van der Waals surface area contributed by atoms with E-state index < -0.39 is 17.5 Å². The number of hydrogen-bond acceptors (Lipinski definition) is 6. The summed E-state index contributed by atoms with van der Waals surface area (Å²) in [5.74, 6) is 0.352. The lowest BCUT2D eigenvalue weighted by atomic mass is 9.98. The molecule has 1 unspecified atom stereocenters. The SMILES string of the molecule is CCC(C)(C)NC(=O)C(c1ccccc1Cl)N(Cc1ccc(OC)cc1)C(=O)CCC(=O)Nc1cc(C)on1. The molecular formula is C29H35ClN4O5. The minimum Gasteiger partial charge on any atom is -0.497 e. The molecule has 2 N–H and O–H groups in total. The third-order valence-corrected chi connectivity index (χ3v) is 6.74. The number of aryl methyl sites for hydroxylation is 1. The Balaban J connectivity index is 1.94. The predicted octanol–water partition coefficient (Wildman–Crippen LogP) is 5.44. The summed E-state index contributed by atoms with van der Waals surface area (Å²) in [7, 11) is 1.57. The maximum absolute atomic E-state index is 13.8. The van der Waals surface area contributed by atoms with Crippen molar-refractivity contribution >= 4 is 35.1 Å². The van der Waals surface area contributed by atoms with Crippen LogP contribution in [0.2, 0.25) is 5.02 Å². The number of carbonyl (C=O) groups excluding carboxylic acids is 3. The lowest BCUT2D eigenvalue weighted by Crippen LogP contribution is -2.50. The molecule has 39 heavy (non-hydrogen) atoms. The third kappa shape index (κ3) is 8.32. The molecule has 0 saturated carbocycles. The highest BCUT2D eigenvalue weighted by atomic mass is 35.5. The molecule has 0 radical (unpaired) electrons. The highest BCUT2D eigenvalue weighted by Gasteiger charge is 2.35. The molecule has 0 spiro atoms. The van der Waals surface area contributed by atoms with E-state index in [1.807, 2.05) is 32.9 Å². The molecule has 0 aliphatic rings. The molecule has 3 amide bonds. The van der Waals surface area contributed by atoms with Gasteiger partial charge in [-0.15, -0.1) is 0 Å². The number of nitrogens with one attached hydrogen (secondary N) is 2. The molecule has 3 aromatic rings. The van der Waals surface area contributed by atoms with E-state index in [2.05, 4.69) is 15.8 Å². The summed E-state index contributed by atoms with van der Waals surface area (Å²) in [5.41, 5.74) is 0.764. The number of nitrogens with zero attached hydrogens (tertiary/aromatic N) is 2. The van der Waals surface area contributed by atoms with Crippen LogP contribution >= 0.6 is 11.6 Å². The van der Waals surface area contributed by atoms with Gasteiger partial charge in [-0.3, -0.25) is 14.4 Å². The normalized spacial score (nSPS) is 11.9. The molecule has 10 heteroatoms. The van der Waals surface area contributed by atoms with Gasteiger partial charge in [-0.1, -0.05) is 54.0 Å². The standard InChI is InChI=1S/C29H35ClN4O5/c1-6-29(3,4)32-28(37)27(22-9-7-8-10-23(22)30)34(18-20-11-13-21(38-5)14-12-20)26(36)16-15-25(35)31-24-17-19(2)39-33-24/h7-14,17,27H,6,15-16,18H2,1-5H3,(H,32,37)(H,31,33,35). The van der Waals surface area contributed by atoms with Crippen molar-refractivity contribution in [3.8, 4) is 5.75 Å². The minimum absolute atomic E-state index is 0.110. The Labute approximate surface area is 233 Å². The topological polar surface area (TPSA) is 114 Å². The number of benzene rings is 2. The third-order valence-electron chi connectivity index (χ3n) is 6.40. The number of carbonyl (C=O) groups is 3. The van der Waals surface area contributed by atoms with Crippen LogP contribution in [0.4, 0.5) is 5.82 Å². The van der Waals surface area contributed by atoms with Gasteiger partial charge >= 0.3 is 0 Å². The van der Waals surface area contributed by atoms with Crippen LogP contribution in [0.5, 0.6) is 5.75 Å². The average molecular weight is 555 g/mol. The van der Waals surface area contributed by atoms with Crippen molar-refractivity contribution in [1.29, 1.82) is 0 Å². The lowest BCUT2D eigenvalue weighted by Gasteiger charge is -2.35. The van der Waals surface area contributed by atoms with E-state index in [1.165, 1.54) is 4.90 Å². The van der Waals surface area contributed by atoms with Gasteiger partial charge in [0, 0.05) is 41.6 Å². The van der Waals surface area contributed by atoms with Crippen LogP contribution in [0.15, 0.2) is 59.1 Å². The first-order chi connectivity index (χ1) is 18.5. The molecule has 2 aromatic carbocycles. The van der Waals surface area contributed by atoms with E-state index >= 15 is 0 Å². The van der Waals surface area contributed by atoms with Gasteiger partial charge in [0.1, 0.15) is 17.6 Å². The predicted molar refractivity (Wildman–Crippen MR) is 149 cm³/mol. The largest absolute Gasteiger partial charge is 0.497 e. The van der Waals surface area contributed by atoms with Crippen molar-refractivity contribution in [3.63, 3.8) is 0 Å². The second-order valence-corrected chi connectivity index (χ2v) is 10.3. The summed E-state index contributed by atoms with van der Waals surface area (Å²) >= 11 is 6.56. The first-order valence-corrected chi connectivity index (χ1v) is 13.1. The van der Waals surface area contributed by atoms with E-state index in [1.54, 1.807) is 56.5 Å². The summed E-state index contributed by atoms with van der Waals surface area (Å²) < 4.78 is 10.2. The van der Waals surface area contributed by atoms with Crippen LogP contribution in [0.1, 0.15) is 63.0 Å². The molecule has 0 fully saturated rings. The number of halogens is 1. The summed E-state index contributed by atoms with van der Waals surface area (Å²) in [6.45, 7) is 7.63. The van der Waals surface area contributed by atoms with Crippen molar-refractivity contribution in [3.05, 3.63) is 76.5 Å². The van der Waals surface area contributed by atoms with E-state index in [0.717, 1.165) is 5.56 Å². The number of rotatable bonds is 12. The summed E-state index contributed by atoms with van der Waals surface area (Å²) in [5, 5.41) is 9.79. The van der Waals surface area contributed by atoms with Crippen LogP contribution < -0.4 is 15.4 Å². The maximum Gasteiger partial charge on any atom is 0.247 e. The Bertz CT molecular complexity index is 1290. The van der Waals surface area contributed by atoms with E-state index in [-0.39, 0.29) is 37.0 Å². The molecule has 9 nitrogen and oxygen atoms in total. The molecule has 1 aromatic heterocycles. The number of hydrogen-bond donors (Lipinski definition) is 2. The van der Waals surface area contributed by atoms with Crippen molar-refractivity contribution in [1.82, 2.24) is 15.4 Å². The molecule has 3 rings (SSSR count). The van der Waals surface area contributed by atoms with E-state index in [0.29, 0.717) is 28.5 Å². The molecule has 208 valence electrons. The number of amides is 3. The Morgan fingerprint density at radius 2 is 1.79 bits per heavy atom. The first kappa shape index (κ1) is 29.7. The van der Waals surface area contributed by atoms with Crippen LogP contribution in [0.3, 0.4) is 0 Å². The van der Waals surface area contributed by atoms with Crippen molar-refractivity contribution in [2.75, 3.05) is 12.4 Å². The van der Waals surface area contributed by atoms with Gasteiger partial charge in [-0.2, -0.15) is 0 Å². The number of aromatic nitrogens is 1. The lowest BCUT2D eigenvalue weighted by molar-refractivity contribution is -0.142. The van der Waals surface area contributed by atoms with E-state index in [4.69, 9.17) is 20.9 Å². The zero-order valence-electron chi connectivity index (χ0n) is 22.9. The fourth-order valence-electron chi connectivity index (χ4n) is 3.88. The summed E-state index contributed by atoms with van der Waals surface area (Å²) in [6, 6.07) is 14.8. The Kier molecular flexibility index (Phi) is 10.1. The van der Waals surface area contributed by atoms with Gasteiger partial charge in [-0.25, -0.2) is 0 Å². The average Bonchev–Trinajstić information content (AvgIpc) is 3.32. The number of anilines is 1. The molecular weight excluding hydrogens is 520 g/mol. The Morgan fingerprint density at radius 3 is 2.38 bits per heavy atom. The maximum atomic E-state index is 13.8. The van der Waals surface area contributed by atoms with Gasteiger partial charge in [0.25, 0.3) is 0 Å². The fourth-order valence-corrected chi connectivity index (χ4v) is 4.12. The first-order valence-electron chi connectivity index (χ1n) is 12.7. The van der Waals surface area contributed by atoms with Crippen LogP contribution in [0.25, 0.3) is 0 Å². The number of methoxy groups -OCH3 is 1. The van der Waals surface area contributed by atoms with Gasteiger partial charge in [0.05, 0.1) is 7.11 Å². The van der Waals surface area contributed by atoms with Crippen molar-refractivity contribution in [2.45, 2.75) is 65.1 Å². The number of ether oxygens (including phenoxy) is 1.